The number of carbonyl (C=O) groups excluding carboxylic acids is 3. The molecule has 1 aliphatic heterocycles. The fourth-order valence-corrected chi connectivity index (χ4v) is 3.45. The first-order valence-corrected chi connectivity index (χ1v) is 9.15. The zero-order valence-electron chi connectivity index (χ0n) is 16.2. The average molecular weight is 364 g/mol. The van der Waals surface area contributed by atoms with Gasteiger partial charge in [0.2, 0.25) is 5.91 Å². The van der Waals surface area contributed by atoms with Gasteiger partial charge in [0.05, 0.1) is 11.1 Å². The van der Waals surface area contributed by atoms with Crippen LogP contribution in [0.25, 0.3) is 0 Å². The molecule has 27 heavy (non-hydrogen) atoms. The van der Waals surface area contributed by atoms with E-state index >= 15 is 0 Å². The predicted octanol–water partition coefficient (Wildman–Crippen LogP) is 3.73. The highest BCUT2D eigenvalue weighted by molar-refractivity contribution is 6.21. The second kappa shape index (κ2) is 7.35. The maximum Gasteiger partial charge on any atom is 0.261 e. The summed E-state index contributed by atoms with van der Waals surface area (Å²) in [6, 6.07) is 12.7. The maximum atomic E-state index is 13.0. The molecule has 2 aromatic rings. The van der Waals surface area contributed by atoms with E-state index in [0.717, 1.165) is 16.8 Å². The summed E-state index contributed by atoms with van der Waals surface area (Å²) in [6.07, 6.45) is 0.0943. The summed E-state index contributed by atoms with van der Waals surface area (Å²) in [5, 5.41) is 0. The Hall–Kier alpha value is -2.95. The molecule has 140 valence electrons. The van der Waals surface area contributed by atoms with Crippen LogP contribution in [0, 0.1) is 13.8 Å². The molecule has 0 unspecified atom stereocenters. The molecule has 1 aliphatic rings. The Morgan fingerprint density at radius 3 is 2.15 bits per heavy atom. The lowest BCUT2D eigenvalue weighted by Gasteiger charge is -2.29. The number of amides is 3. The van der Waals surface area contributed by atoms with Crippen LogP contribution >= 0.6 is 0 Å². The molecule has 0 radical (unpaired) electrons. The minimum absolute atomic E-state index is 0.0276. The van der Waals surface area contributed by atoms with Gasteiger partial charge in [-0.1, -0.05) is 24.3 Å². The van der Waals surface area contributed by atoms with Gasteiger partial charge in [-0.2, -0.15) is 0 Å². The summed E-state index contributed by atoms with van der Waals surface area (Å²) in [5.41, 5.74) is 3.78. The number of fused-ring (bicyclic) bond motifs is 1. The Labute approximate surface area is 159 Å². The van der Waals surface area contributed by atoms with Gasteiger partial charge in [-0.25, -0.2) is 0 Å². The number of nitrogens with zero attached hydrogens (tertiary/aromatic N) is 2. The van der Waals surface area contributed by atoms with Gasteiger partial charge in [-0.15, -0.1) is 0 Å². The average Bonchev–Trinajstić information content (AvgIpc) is 2.87. The molecular formula is C22H24N2O3. The van der Waals surface area contributed by atoms with Crippen LogP contribution in [0.15, 0.2) is 42.5 Å². The normalized spacial score (nSPS) is 13.3. The molecule has 5 nitrogen and oxygen atoms in total. The highest BCUT2D eigenvalue weighted by atomic mass is 16.2. The fraction of sp³-hybridized carbons (Fsp3) is 0.318. The summed E-state index contributed by atoms with van der Waals surface area (Å²) in [5.74, 6) is -0.757. The van der Waals surface area contributed by atoms with Crippen LogP contribution in [0.3, 0.4) is 0 Å². The third-order valence-corrected chi connectivity index (χ3v) is 4.84. The first kappa shape index (κ1) is 18.8. The molecule has 0 N–H and O–H groups in total. The lowest BCUT2D eigenvalue weighted by atomic mass is 10.1. The van der Waals surface area contributed by atoms with Crippen molar-refractivity contribution in [3.63, 3.8) is 0 Å². The van der Waals surface area contributed by atoms with Crippen LogP contribution in [-0.4, -0.2) is 35.2 Å². The first-order chi connectivity index (χ1) is 12.8. The van der Waals surface area contributed by atoms with Gasteiger partial charge >= 0.3 is 0 Å². The molecule has 0 spiro atoms. The molecule has 0 saturated carbocycles. The molecule has 3 amide bonds. The Kier molecular flexibility index (Phi) is 5.13. The van der Waals surface area contributed by atoms with Crippen molar-refractivity contribution >= 4 is 23.4 Å². The van der Waals surface area contributed by atoms with E-state index in [1.807, 2.05) is 45.9 Å². The molecule has 5 heteroatoms. The van der Waals surface area contributed by atoms with Crippen molar-refractivity contribution in [2.75, 3.05) is 11.4 Å². The van der Waals surface area contributed by atoms with E-state index < -0.39 is 0 Å². The van der Waals surface area contributed by atoms with Crippen molar-refractivity contribution in [3.05, 3.63) is 64.7 Å². The number of aryl methyl sites for hydroxylation is 2. The van der Waals surface area contributed by atoms with Crippen molar-refractivity contribution in [2.45, 2.75) is 40.2 Å². The van der Waals surface area contributed by atoms with Crippen LogP contribution in [0.1, 0.15) is 52.1 Å². The fourth-order valence-electron chi connectivity index (χ4n) is 3.45. The van der Waals surface area contributed by atoms with Crippen LogP contribution in [0.4, 0.5) is 5.69 Å². The number of imide groups is 1. The van der Waals surface area contributed by atoms with Crippen LogP contribution in [-0.2, 0) is 4.79 Å². The Balaban J connectivity index is 1.77. The molecular weight excluding hydrogens is 340 g/mol. The number of hydrogen-bond donors (Lipinski definition) is 0. The van der Waals surface area contributed by atoms with E-state index in [0.29, 0.717) is 11.1 Å². The largest absolute Gasteiger partial charge is 0.310 e. The second-order valence-electron chi connectivity index (χ2n) is 7.20. The van der Waals surface area contributed by atoms with E-state index in [9.17, 15) is 14.4 Å². The summed E-state index contributed by atoms with van der Waals surface area (Å²) in [7, 11) is 0. The van der Waals surface area contributed by atoms with Gasteiger partial charge in [0.1, 0.15) is 0 Å². The predicted molar refractivity (Wildman–Crippen MR) is 105 cm³/mol. The number of hydrogen-bond acceptors (Lipinski definition) is 3. The van der Waals surface area contributed by atoms with Crippen LogP contribution in [0.2, 0.25) is 0 Å². The molecule has 2 aromatic carbocycles. The minimum Gasteiger partial charge on any atom is -0.310 e. The minimum atomic E-state index is -0.328. The summed E-state index contributed by atoms with van der Waals surface area (Å²) in [6.45, 7) is 7.97. The van der Waals surface area contributed by atoms with Gasteiger partial charge in [0.25, 0.3) is 11.8 Å². The smallest absolute Gasteiger partial charge is 0.261 e. The number of benzene rings is 2. The van der Waals surface area contributed by atoms with Gasteiger partial charge < -0.3 is 4.90 Å². The van der Waals surface area contributed by atoms with Crippen molar-refractivity contribution in [3.8, 4) is 0 Å². The Bertz CT molecular complexity index is 883. The zero-order valence-corrected chi connectivity index (χ0v) is 16.2. The molecule has 0 aromatic heterocycles. The van der Waals surface area contributed by atoms with Crippen molar-refractivity contribution < 1.29 is 14.4 Å². The topological polar surface area (TPSA) is 57.7 Å². The van der Waals surface area contributed by atoms with Crippen molar-refractivity contribution in [1.82, 2.24) is 4.90 Å². The molecule has 1 heterocycles. The Morgan fingerprint density at radius 1 is 1.00 bits per heavy atom. The SMILES string of the molecule is Cc1ccc(C)c(N(C(=O)CCN2C(=O)c3ccccc3C2=O)C(C)C)c1. The second-order valence-corrected chi connectivity index (χ2v) is 7.20. The van der Waals surface area contributed by atoms with E-state index in [4.69, 9.17) is 0 Å². The maximum absolute atomic E-state index is 13.0. The van der Waals surface area contributed by atoms with Crippen molar-refractivity contribution in [2.24, 2.45) is 0 Å². The summed E-state index contributed by atoms with van der Waals surface area (Å²) >= 11 is 0. The van der Waals surface area contributed by atoms with E-state index in [2.05, 4.69) is 0 Å². The lowest BCUT2D eigenvalue weighted by molar-refractivity contribution is -0.119. The third kappa shape index (κ3) is 3.50. The summed E-state index contributed by atoms with van der Waals surface area (Å²) < 4.78 is 0. The summed E-state index contributed by atoms with van der Waals surface area (Å²) in [4.78, 5) is 40.8. The third-order valence-electron chi connectivity index (χ3n) is 4.84. The van der Waals surface area contributed by atoms with Crippen LogP contribution < -0.4 is 4.90 Å². The van der Waals surface area contributed by atoms with Gasteiger partial charge in [-0.3, -0.25) is 19.3 Å². The zero-order chi connectivity index (χ0) is 19.7. The number of carbonyl (C=O) groups is 3. The van der Waals surface area contributed by atoms with E-state index in [1.165, 1.54) is 4.90 Å². The molecule has 0 fully saturated rings. The Morgan fingerprint density at radius 2 is 1.59 bits per heavy atom. The van der Waals surface area contributed by atoms with E-state index in [-0.39, 0.29) is 36.7 Å². The molecule has 0 atom stereocenters. The quantitative estimate of drug-likeness (QED) is 0.760. The van der Waals surface area contributed by atoms with E-state index in [1.54, 1.807) is 29.2 Å². The van der Waals surface area contributed by atoms with Gasteiger partial charge in [0.15, 0.2) is 0 Å². The van der Waals surface area contributed by atoms with Crippen molar-refractivity contribution in [1.29, 1.82) is 0 Å². The monoisotopic (exact) mass is 364 g/mol. The molecule has 3 rings (SSSR count). The van der Waals surface area contributed by atoms with Crippen LogP contribution in [0.5, 0.6) is 0 Å². The number of anilines is 1. The first-order valence-electron chi connectivity index (χ1n) is 9.15. The highest BCUT2D eigenvalue weighted by Gasteiger charge is 2.35. The molecule has 0 aliphatic carbocycles. The van der Waals surface area contributed by atoms with Gasteiger partial charge in [-0.05, 0) is 57.0 Å². The lowest BCUT2D eigenvalue weighted by Crippen LogP contribution is -2.40. The standard InChI is InChI=1S/C22H24N2O3/c1-14(2)24(19-13-15(3)9-10-16(19)4)20(25)11-12-23-21(26)17-7-5-6-8-18(17)22(23)27/h5-10,13-14H,11-12H2,1-4H3. The number of rotatable bonds is 5. The molecule has 0 bridgehead atoms. The van der Waals surface area contributed by atoms with Gasteiger partial charge in [0, 0.05) is 24.7 Å². The molecule has 0 saturated heterocycles. The highest BCUT2D eigenvalue weighted by Crippen LogP contribution is 2.26.